The third-order valence-corrected chi connectivity index (χ3v) is 8.71. The molecule has 0 rings (SSSR count). The van der Waals surface area contributed by atoms with E-state index in [1.54, 1.807) is 0 Å². The number of hydrogen-bond acceptors (Lipinski definition) is 4. The maximum absolute atomic E-state index is 10.6. The Morgan fingerprint density at radius 3 is 1.00 bits per heavy atom. The molecule has 0 aromatic carbocycles. The van der Waals surface area contributed by atoms with Gasteiger partial charge in [-0.05, 0) is 25.7 Å². The monoisotopic (exact) mass is 559 g/mol. The largest absolute Gasteiger partial charge is 0.394 e. The van der Waals surface area contributed by atoms with Crippen LogP contribution in [0.1, 0.15) is 168 Å². The van der Waals surface area contributed by atoms with Crippen LogP contribution < -0.4 is 0 Å². The van der Waals surface area contributed by atoms with Gasteiger partial charge in [0.15, 0.2) is 0 Å². The van der Waals surface area contributed by atoms with Crippen molar-refractivity contribution >= 4 is 0 Å². The molecule has 236 valence electrons. The van der Waals surface area contributed by atoms with Crippen molar-refractivity contribution in [3.63, 3.8) is 0 Å². The summed E-state index contributed by atoms with van der Waals surface area (Å²) < 4.78 is 0.728. The second-order valence-corrected chi connectivity index (χ2v) is 12.8. The number of hydrogen-bond donors (Lipinski definition) is 4. The van der Waals surface area contributed by atoms with E-state index in [9.17, 15) is 20.4 Å². The Kier molecular flexibility index (Phi) is 27.8. The molecule has 39 heavy (non-hydrogen) atoms. The van der Waals surface area contributed by atoms with Crippen LogP contribution in [0, 0.1) is 0 Å². The highest BCUT2D eigenvalue weighted by Crippen LogP contribution is 2.18. The molecule has 0 fully saturated rings. The van der Waals surface area contributed by atoms with Crippen LogP contribution in [0.4, 0.5) is 0 Å². The molecule has 0 aliphatic rings. The van der Waals surface area contributed by atoms with E-state index in [-0.39, 0.29) is 0 Å². The predicted molar refractivity (Wildman–Crippen MR) is 168 cm³/mol. The standard InChI is InChI=1S/C34H72NO4/c1-4-6-8-10-12-14-16-18-20-22-24-26-28-35(3,30-32(37)34(39)33(38)31-36)29-27-25-23-21-19-17-15-13-11-9-7-5-2/h32-34,36-39H,4-31H2,1-3H3/q+1/t32-,33-,34+/m1/s1. The van der Waals surface area contributed by atoms with E-state index < -0.39 is 24.9 Å². The van der Waals surface area contributed by atoms with E-state index in [1.165, 1.54) is 141 Å². The first-order chi connectivity index (χ1) is 18.9. The average molecular weight is 559 g/mol. The molecule has 0 saturated carbocycles. The Morgan fingerprint density at radius 1 is 0.436 bits per heavy atom. The van der Waals surface area contributed by atoms with Crippen LogP contribution in [0.2, 0.25) is 0 Å². The highest BCUT2D eigenvalue weighted by Gasteiger charge is 2.32. The molecule has 5 nitrogen and oxygen atoms in total. The first-order valence-electron chi connectivity index (χ1n) is 17.4. The van der Waals surface area contributed by atoms with Gasteiger partial charge in [0.25, 0.3) is 0 Å². The molecular formula is C34H72NO4+. The molecule has 0 radical (unpaired) electrons. The van der Waals surface area contributed by atoms with Crippen LogP contribution in [-0.2, 0) is 0 Å². The summed E-state index contributed by atoms with van der Waals surface area (Å²) in [5, 5.41) is 39.8. The van der Waals surface area contributed by atoms with Crippen LogP contribution in [0.15, 0.2) is 0 Å². The van der Waals surface area contributed by atoms with Crippen molar-refractivity contribution in [2.75, 3.05) is 33.3 Å². The minimum atomic E-state index is -1.30. The molecule has 3 atom stereocenters. The predicted octanol–water partition coefficient (Wildman–Crippen LogP) is 7.91. The van der Waals surface area contributed by atoms with Gasteiger partial charge < -0.3 is 24.9 Å². The zero-order chi connectivity index (χ0) is 29.0. The minimum absolute atomic E-state index is 0.425. The molecule has 0 aliphatic carbocycles. The van der Waals surface area contributed by atoms with Crippen LogP contribution in [0.3, 0.4) is 0 Å². The lowest BCUT2D eigenvalue weighted by Crippen LogP contribution is -2.54. The number of rotatable bonds is 31. The van der Waals surface area contributed by atoms with Crippen molar-refractivity contribution in [1.82, 2.24) is 0 Å². The normalized spacial score (nSPS) is 14.5. The Hall–Kier alpha value is -0.200. The van der Waals surface area contributed by atoms with Gasteiger partial charge in [-0.1, -0.05) is 142 Å². The summed E-state index contributed by atoms with van der Waals surface area (Å²) in [6, 6.07) is 0. The smallest absolute Gasteiger partial charge is 0.131 e. The molecule has 0 bridgehead atoms. The molecular weight excluding hydrogens is 486 g/mol. The molecule has 0 spiro atoms. The van der Waals surface area contributed by atoms with E-state index >= 15 is 0 Å². The summed E-state index contributed by atoms with van der Waals surface area (Å²) >= 11 is 0. The highest BCUT2D eigenvalue weighted by molar-refractivity contribution is 4.74. The Balaban J connectivity index is 4.21. The first kappa shape index (κ1) is 38.8. The van der Waals surface area contributed by atoms with E-state index in [2.05, 4.69) is 20.9 Å². The van der Waals surface area contributed by atoms with Crippen LogP contribution in [-0.4, -0.2) is 76.5 Å². The Labute approximate surface area is 244 Å². The zero-order valence-electron chi connectivity index (χ0n) is 26.8. The lowest BCUT2D eigenvalue weighted by Gasteiger charge is -2.38. The van der Waals surface area contributed by atoms with Gasteiger partial charge in [0.2, 0.25) is 0 Å². The molecule has 0 saturated heterocycles. The molecule has 0 aromatic heterocycles. The number of nitrogens with zero attached hydrogens (tertiary/aromatic N) is 1. The quantitative estimate of drug-likeness (QED) is 0.0515. The van der Waals surface area contributed by atoms with Crippen LogP contribution in [0.25, 0.3) is 0 Å². The molecule has 0 aliphatic heterocycles. The fraction of sp³-hybridized carbons (Fsp3) is 1.00. The van der Waals surface area contributed by atoms with Gasteiger partial charge >= 0.3 is 0 Å². The van der Waals surface area contributed by atoms with Crippen molar-refractivity contribution in [3.05, 3.63) is 0 Å². The van der Waals surface area contributed by atoms with E-state index in [0.717, 1.165) is 30.4 Å². The van der Waals surface area contributed by atoms with Crippen molar-refractivity contribution in [3.8, 4) is 0 Å². The maximum Gasteiger partial charge on any atom is 0.131 e. The molecule has 4 N–H and O–H groups in total. The fourth-order valence-corrected chi connectivity index (χ4v) is 5.89. The van der Waals surface area contributed by atoms with Gasteiger partial charge in [-0.2, -0.15) is 0 Å². The first-order valence-corrected chi connectivity index (χ1v) is 17.4. The number of quaternary nitrogens is 1. The van der Waals surface area contributed by atoms with Gasteiger partial charge in [-0.25, -0.2) is 0 Å². The molecule has 0 unspecified atom stereocenters. The average Bonchev–Trinajstić information content (AvgIpc) is 2.93. The second-order valence-electron chi connectivity index (χ2n) is 12.8. The van der Waals surface area contributed by atoms with Crippen LogP contribution >= 0.6 is 0 Å². The Bertz CT molecular complexity index is 462. The summed E-state index contributed by atoms with van der Waals surface area (Å²) in [5.74, 6) is 0. The number of likely N-dealkylation sites (N-methyl/N-ethyl adjacent to an activating group) is 1. The molecule has 0 amide bonds. The SMILES string of the molecule is CCCCCCCCCCCCCC[N+](C)(CCCCCCCCCCCCCC)C[C@@H](O)[C@H](O)[C@H](O)CO. The fourth-order valence-electron chi connectivity index (χ4n) is 5.89. The highest BCUT2D eigenvalue weighted by atomic mass is 16.4. The summed E-state index contributed by atoms with van der Waals surface area (Å²) in [6.07, 6.45) is 28.3. The van der Waals surface area contributed by atoms with Crippen molar-refractivity contribution < 1.29 is 24.9 Å². The van der Waals surface area contributed by atoms with Crippen molar-refractivity contribution in [1.29, 1.82) is 0 Å². The van der Waals surface area contributed by atoms with E-state index in [4.69, 9.17) is 0 Å². The minimum Gasteiger partial charge on any atom is -0.394 e. The lowest BCUT2D eigenvalue weighted by molar-refractivity contribution is -0.913. The topological polar surface area (TPSA) is 80.9 Å². The van der Waals surface area contributed by atoms with E-state index in [1.807, 2.05) is 0 Å². The molecule has 5 heteroatoms. The summed E-state index contributed by atoms with van der Waals surface area (Å²) in [4.78, 5) is 0. The van der Waals surface area contributed by atoms with Crippen molar-refractivity contribution in [2.45, 2.75) is 186 Å². The number of aliphatic hydroxyl groups is 4. The molecule has 0 aromatic rings. The van der Waals surface area contributed by atoms with Crippen molar-refractivity contribution in [2.24, 2.45) is 0 Å². The third-order valence-electron chi connectivity index (χ3n) is 8.71. The van der Waals surface area contributed by atoms with Gasteiger partial charge in [-0.15, -0.1) is 0 Å². The Morgan fingerprint density at radius 2 is 0.718 bits per heavy atom. The van der Waals surface area contributed by atoms with Gasteiger partial charge in [0, 0.05) is 0 Å². The summed E-state index contributed by atoms with van der Waals surface area (Å²) in [5.41, 5.74) is 0. The molecule has 0 heterocycles. The maximum atomic E-state index is 10.6. The second kappa shape index (κ2) is 27.9. The zero-order valence-corrected chi connectivity index (χ0v) is 26.8. The number of aliphatic hydroxyl groups excluding tert-OH is 4. The lowest BCUT2D eigenvalue weighted by atomic mass is 10.0. The van der Waals surface area contributed by atoms with Crippen LogP contribution in [0.5, 0.6) is 0 Å². The summed E-state index contributed by atoms with van der Waals surface area (Å²) in [6.45, 7) is 6.43. The van der Waals surface area contributed by atoms with Gasteiger partial charge in [0.05, 0.1) is 26.7 Å². The van der Waals surface area contributed by atoms with Gasteiger partial charge in [-0.3, -0.25) is 0 Å². The third kappa shape index (κ3) is 24.1. The van der Waals surface area contributed by atoms with Gasteiger partial charge in [0.1, 0.15) is 24.9 Å². The van der Waals surface area contributed by atoms with E-state index in [0.29, 0.717) is 6.54 Å². The summed E-state index contributed by atoms with van der Waals surface area (Å²) in [7, 11) is 2.19. The number of unbranched alkanes of at least 4 members (excludes halogenated alkanes) is 22.